The van der Waals surface area contributed by atoms with Gasteiger partial charge in [-0.2, -0.15) is 0 Å². The number of nitrogens with one attached hydrogen (secondary N) is 1. The molecule has 0 saturated carbocycles. The zero-order chi connectivity index (χ0) is 18.4. The molecular weight excluding hydrogens is 409 g/mol. The van der Waals surface area contributed by atoms with E-state index in [0.717, 1.165) is 21.2 Å². The number of carbonyl (C=O) groups excluding carboxylic acids is 1. The molecule has 1 heterocycles. The number of benzene rings is 2. The second kappa shape index (κ2) is 9.19. The molecule has 4 nitrogen and oxygen atoms in total. The molecule has 132 valence electrons. The molecule has 0 aliphatic rings. The Hall–Kier alpha value is -1.86. The van der Waals surface area contributed by atoms with Crippen molar-refractivity contribution in [2.45, 2.75) is 10.1 Å². The summed E-state index contributed by atoms with van der Waals surface area (Å²) in [7, 11) is 0. The minimum Gasteiger partial charge on any atom is -0.297 e. The van der Waals surface area contributed by atoms with Crippen LogP contribution in [0, 0.1) is 0 Å². The summed E-state index contributed by atoms with van der Waals surface area (Å²) in [6, 6.07) is 15.0. The van der Waals surface area contributed by atoms with Gasteiger partial charge < -0.3 is 0 Å². The van der Waals surface area contributed by atoms with E-state index >= 15 is 0 Å². The van der Waals surface area contributed by atoms with Gasteiger partial charge >= 0.3 is 0 Å². The molecule has 8 heteroatoms. The molecule has 2 aromatic carbocycles. The molecular formula is C18H13Cl2N3OS2. The number of hydrogen-bond acceptors (Lipinski definition) is 5. The highest BCUT2D eigenvalue weighted by Gasteiger charge is 2.07. The minimum atomic E-state index is -0.282. The second-order valence-corrected chi connectivity index (χ2v) is 8.18. The van der Waals surface area contributed by atoms with Crippen molar-refractivity contribution in [2.75, 3.05) is 5.32 Å². The molecule has 0 fully saturated rings. The number of hydrogen-bond donors (Lipinski definition) is 1. The van der Waals surface area contributed by atoms with Gasteiger partial charge in [0.1, 0.15) is 0 Å². The third kappa shape index (κ3) is 5.57. The summed E-state index contributed by atoms with van der Waals surface area (Å²) >= 11 is 14.8. The summed E-state index contributed by atoms with van der Waals surface area (Å²) in [5.41, 5.74) is 1.92. The Morgan fingerprint density at radius 3 is 2.65 bits per heavy atom. The Morgan fingerprint density at radius 1 is 1.12 bits per heavy atom. The fourth-order valence-corrected chi connectivity index (χ4v) is 4.00. The van der Waals surface area contributed by atoms with Crippen LogP contribution in [0.1, 0.15) is 11.1 Å². The standard InChI is InChI=1S/C18H13Cl2N3OS2/c19-14-8-5-12(6-9-14)11-25-18-23-22-17(26-18)21-16(24)10-7-13-3-1-2-4-15(13)20/h1-10H,11H2,(H,21,22,24). The maximum atomic E-state index is 12.0. The van der Waals surface area contributed by atoms with Crippen molar-refractivity contribution < 1.29 is 4.79 Å². The van der Waals surface area contributed by atoms with Crippen molar-refractivity contribution in [2.24, 2.45) is 0 Å². The average Bonchev–Trinajstić information content (AvgIpc) is 3.08. The van der Waals surface area contributed by atoms with E-state index < -0.39 is 0 Å². The van der Waals surface area contributed by atoms with E-state index in [-0.39, 0.29) is 5.91 Å². The van der Waals surface area contributed by atoms with Gasteiger partial charge in [-0.1, -0.05) is 76.6 Å². The van der Waals surface area contributed by atoms with Crippen LogP contribution in [0.15, 0.2) is 58.9 Å². The van der Waals surface area contributed by atoms with Gasteiger partial charge in [-0.05, 0) is 35.4 Å². The fourth-order valence-electron chi connectivity index (χ4n) is 1.97. The van der Waals surface area contributed by atoms with E-state index in [2.05, 4.69) is 15.5 Å². The molecule has 26 heavy (non-hydrogen) atoms. The zero-order valence-electron chi connectivity index (χ0n) is 13.4. The van der Waals surface area contributed by atoms with Gasteiger partial charge in [0.15, 0.2) is 4.34 Å². The molecule has 0 bridgehead atoms. The third-order valence-electron chi connectivity index (χ3n) is 3.23. The van der Waals surface area contributed by atoms with Gasteiger partial charge in [-0.15, -0.1) is 10.2 Å². The first-order chi connectivity index (χ1) is 12.6. The Bertz CT molecular complexity index is 926. The lowest BCUT2D eigenvalue weighted by Crippen LogP contribution is -2.07. The van der Waals surface area contributed by atoms with Crippen molar-refractivity contribution in [1.82, 2.24) is 10.2 Å². The maximum absolute atomic E-state index is 12.0. The minimum absolute atomic E-state index is 0.282. The average molecular weight is 422 g/mol. The summed E-state index contributed by atoms with van der Waals surface area (Å²) in [5.74, 6) is 0.474. The topological polar surface area (TPSA) is 54.9 Å². The highest BCUT2D eigenvalue weighted by molar-refractivity contribution is 8.00. The van der Waals surface area contributed by atoms with E-state index in [9.17, 15) is 4.79 Å². The van der Waals surface area contributed by atoms with Gasteiger partial charge in [-0.25, -0.2) is 0 Å². The van der Waals surface area contributed by atoms with Gasteiger partial charge in [0, 0.05) is 21.9 Å². The van der Waals surface area contributed by atoms with Crippen molar-refractivity contribution in [1.29, 1.82) is 0 Å². The Morgan fingerprint density at radius 2 is 1.88 bits per heavy atom. The van der Waals surface area contributed by atoms with Crippen LogP contribution in [-0.4, -0.2) is 16.1 Å². The van der Waals surface area contributed by atoms with Crippen molar-refractivity contribution in [3.63, 3.8) is 0 Å². The third-order valence-corrected chi connectivity index (χ3v) is 5.87. The number of amides is 1. The summed E-state index contributed by atoms with van der Waals surface area (Å²) in [5, 5.41) is 12.5. The highest BCUT2D eigenvalue weighted by Crippen LogP contribution is 2.28. The zero-order valence-corrected chi connectivity index (χ0v) is 16.5. The Balaban J connectivity index is 1.53. The monoisotopic (exact) mass is 421 g/mol. The molecule has 3 rings (SSSR count). The van der Waals surface area contributed by atoms with Gasteiger partial charge in [-0.3, -0.25) is 10.1 Å². The van der Waals surface area contributed by atoms with Crippen molar-refractivity contribution >= 4 is 63.4 Å². The highest BCUT2D eigenvalue weighted by atomic mass is 35.5. The number of aromatic nitrogens is 2. The Labute approximate surface area is 169 Å². The number of thioether (sulfide) groups is 1. The molecule has 3 aromatic rings. The predicted octanol–water partition coefficient (Wildman–Crippen LogP) is 5.79. The van der Waals surface area contributed by atoms with Crippen LogP contribution < -0.4 is 5.32 Å². The summed E-state index contributed by atoms with van der Waals surface area (Å²) in [6.07, 6.45) is 3.08. The maximum Gasteiger partial charge on any atom is 0.250 e. The van der Waals surface area contributed by atoms with Crippen LogP contribution in [0.4, 0.5) is 5.13 Å². The summed E-state index contributed by atoms with van der Waals surface area (Å²) in [4.78, 5) is 12.0. The van der Waals surface area contributed by atoms with Crippen molar-refractivity contribution in [3.8, 4) is 0 Å². The fraction of sp³-hybridized carbons (Fsp3) is 0.0556. The molecule has 1 amide bonds. The van der Waals surface area contributed by atoms with E-state index in [4.69, 9.17) is 23.2 Å². The number of anilines is 1. The molecule has 0 aliphatic heterocycles. The molecule has 0 spiro atoms. The van der Waals surface area contributed by atoms with Crippen LogP contribution in [0.2, 0.25) is 10.0 Å². The second-order valence-electron chi connectivity index (χ2n) is 5.13. The lowest BCUT2D eigenvalue weighted by atomic mass is 10.2. The number of nitrogens with zero attached hydrogens (tertiary/aromatic N) is 2. The molecule has 0 unspecified atom stereocenters. The van der Waals surface area contributed by atoms with E-state index in [1.165, 1.54) is 17.4 Å². The van der Waals surface area contributed by atoms with Gasteiger partial charge in [0.05, 0.1) is 0 Å². The lowest BCUT2D eigenvalue weighted by molar-refractivity contribution is -0.111. The van der Waals surface area contributed by atoms with Crippen LogP contribution in [-0.2, 0) is 10.5 Å². The molecule has 1 N–H and O–H groups in total. The van der Waals surface area contributed by atoms with Crippen LogP contribution in [0.25, 0.3) is 6.08 Å². The first-order valence-electron chi connectivity index (χ1n) is 7.54. The molecule has 0 saturated heterocycles. The number of rotatable bonds is 6. The molecule has 1 aromatic heterocycles. The van der Waals surface area contributed by atoms with Gasteiger partial charge in [0.25, 0.3) is 0 Å². The number of carbonyl (C=O) groups is 1. The van der Waals surface area contributed by atoms with E-state index in [0.29, 0.717) is 15.2 Å². The predicted molar refractivity (Wildman–Crippen MR) is 110 cm³/mol. The Kier molecular flexibility index (Phi) is 6.68. The smallest absolute Gasteiger partial charge is 0.250 e. The molecule has 0 aliphatic carbocycles. The largest absolute Gasteiger partial charge is 0.297 e. The van der Waals surface area contributed by atoms with Crippen LogP contribution >= 0.6 is 46.3 Å². The summed E-state index contributed by atoms with van der Waals surface area (Å²) in [6.45, 7) is 0. The normalized spacial score (nSPS) is 11.0. The SMILES string of the molecule is O=C(C=Cc1ccccc1Cl)Nc1nnc(SCc2ccc(Cl)cc2)s1. The summed E-state index contributed by atoms with van der Waals surface area (Å²) < 4.78 is 0.783. The van der Waals surface area contributed by atoms with E-state index in [1.807, 2.05) is 42.5 Å². The lowest BCUT2D eigenvalue weighted by Gasteiger charge is -1.98. The van der Waals surface area contributed by atoms with Crippen LogP contribution in [0.5, 0.6) is 0 Å². The van der Waals surface area contributed by atoms with Crippen molar-refractivity contribution in [3.05, 3.63) is 75.8 Å². The van der Waals surface area contributed by atoms with Crippen LogP contribution in [0.3, 0.4) is 0 Å². The number of halogens is 2. The molecule has 0 radical (unpaired) electrons. The van der Waals surface area contributed by atoms with Gasteiger partial charge in [0.2, 0.25) is 11.0 Å². The first-order valence-corrected chi connectivity index (χ1v) is 10.1. The molecule has 0 atom stereocenters. The quantitative estimate of drug-likeness (QED) is 0.310. The van der Waals surface area contributed by atoms with E-state index in [1.54, 1.807) is 23.9 Å². The first kappa shape index (κ1) is 18.9.